The fourth-order valence-corrected chi connectivity index (χ4v) is 3.77. The number of nitrogens with two attached hydrogens (primary N) is 1. The molecule has 8 heteroatoms. The van der Waals surface area contributed by atoms with Gasteiger partial charge in [-0.25, -0.2) is 5.01 Å². The number of carbonyl (C=O) groups excluding carboxylic acids is 3. The number of carbonyl (C=O) groups is 3. The second-order valence-corrected chi connectivity index (χ2v) is 7.19. The average molecular weight is 415 g/mol. The highest BCUT2D eigenvalue weighted by Crippen LogP contribution is 2.31. The molecule has 2 aromatic rings. The van der Waals surface area contributed by atoms with Gasteiger partial charge < -0.3 is 11.1 Å². The van der Waals surface area contributed by atoms with Gasteiger partial charge in [0.2, 0.25) is 11.8 Å². The third-order valence-corrected chi connectivity index (χ3v) is 5.23. The molecular formula is C21H23ClN4O3. The minimum Gasteiger partial charge on any atom is -0.399 e. The van der Waals surface area contributed by atoms with Crippen LogP contribution < -0.4 is 21.5 Å². The van der Waals surface area contributed by atoms with Crippen LogP contribution in [0.15, 0.2) is 42.5 Å². The highest BCUT2D eigenvalue weighted by atomic mass is 35.5. The lowest BCUT2D eigenvalue weighted by Crippen LogP contribution is -2.50. The number of amides is 3. The fraction of sp³-hybridized carbons (Fsp3) is 0.286. The van der Waals surface area contributed by atoms with Crippen LogP contribution in [0.25, 0.3) is 0 Å². The van der Waals surface area contributed by atoms with Crippen molar-refractivity contribution < 1.29 is 14.4 Å². The van der Waals surface area contributed by atoms with Gasteiger partial charge in [-0.15, -0.1) is 12.4 Å². The highest BCUT2D eigenvalue weighted by Gasteiger charge is 2.25. The third kappa shape index (κ3) is 4.35. The molecule has 4 rings (SSSR count). The van der Waals surface area contributed by atoms with Crippen molar-refractivity contribution in [3.8, 4) is 0 Å². The summed E-state index contributed by atoms with van der Waals surface area (Å²) in [6.07, 6.45) is 3.23. The fourth-order valence-electron chi connectivity index (χ4n) is 3.77. The normalized spacial score (nSPS) is 18.3. The number of anilines is 2. The smallest absolute Gasteiger partial charge is 0.251 e. The first kappa shape index (κ1) is 20.7. The Labute approximate surface area is 175 Å². The number of hydrogen-bond acceptors (Lipinski definition) is 4. The molecule has 1 atom stereocenters. The molecular weight excluding hydrogens is 392 g/mol. The van der Waals surface area contributed by atoms with E-state index in [2.05, 4.69) is 10.7 Å². The Balaban J connectivity index is 0.00000240. The topological polar surface area (TPSA) is 105 Å². The van der Waals surface area contributed by atoms with Crippen molar-refractivity contribution in [1.82, 2.24) is 10.7 Å². The zero-order valence-electron chi connectivity index (χ0n) is 15.8. The van der Waals surface area contributed by atoms with Gasteiger partial charge in [0.05, 0.1) is 11.7 Å². The van der Waals surface area contributed by atoms with E-state index in [1.54, 1.807) is 24.3 Å². The van der Waals surface area contributed by atoms with Crippen molar-refractivity contribution in [3.63, 3.8) is 0 Å². The molecule has 0 radical (unpaired) electrons. The number of benzene rings is 2. The number of aryl methyl sites for hydroxylation is 1. The van der Waals surface area contributed by atoms with E-state index in [1.807, 2.05) is 18.2 Å². The summed E-state index contributed by atoms with van der Waals surface area (Å²) in [6.45, 7) is 0. The number of hydrazine groups is 1. The Hall–Kier alpha value is -3.06. The number of hydrogen-bond donors (Lipinski definition) is 3. The van der Waals surface area contributed by atoms with Crippen LogP contribution >= 0.6 is 12.4 Å². The summed E-state index contributed by atoms with van der Waals surface area (Å²) in [5.41, 5.74) is 12.5. The number of rotatable bonds is 3. The number of halogens is 1. The summed E-state index contributed by atoms with van der Waals surface area (Å²) >= 11 is 0. The van der Waals surface area contributed by atoms with Crippen LogP contribution in [0.2, 0.25) is 0 Å². The molecule has 29 heavy (non-hydrogen) atoms. The van der Waals surface area contributed by atoms with Gasteiger partial charge in [0.25, 0.3) is 5.91 Å². The molecule has 0 saturated carbocycles. The van der Waals surface area contributed by atoms with Gasteiger partial charge in [-0.1, -0.05) is 6.07 Å². The van der Waals surface area contributed by atoms with Crippen molar-refractivity contribution in [1.29, 1.82) is 0 Å². The Morgan fingerprint density at radius 1 is 1.07 bits per heavy atom. The summed E-state index contributed by atoms with van der Waals surface area (Å²) in [4.78, 5) is 36.2. The van der Waals surface area contributed by atoms with Gasteiger partial charge in [0, 0.05) is 24.1 Å². The molecule has 152 valence electrons. The molecule has 7 nitrogen and oxygen atoms in total. The van der Waals surface area contributed by atoms with E-state index in [-0.39, 0.29) is 49.0 Å². The number of nitrogens with one attached hydrogen (secondary N) is 2. The Morgan fingerprint density at radius 3 is 2.59 bits per heavy atom. The van der Waals surface area contributed by atoms with Crippen LogP contribution in [0.5, 0.6) is 0 Å². The molecule has 1 unspecified atom stereocenters. The van der Waals surface area contributed by atoms with E-state index in [9.17, 15) is 14.4 Å². The number of fused-ring (bicyclic) bond motifs is 1. The first-order chi connectivity index (χ1) is 13.5. The van der Waals surface area contributed by atoms with Gasteiger partial charge in [0.1, 0.15) is 0 Å². The number of nitrogens with zero attached hydrogens (tertiary/aromatic N) is 1. The maximum absolute atomic E-state index is 12.7. The largest absolute Gasteiger partial charge is 0.399 e. The number of nitrogen functional groups attached to an aromatic ring is 1. The van der Waals surface area contributed by atoms with Gasteiger partial charge in [-0.2, -0.15) is 0 Å². The van der Waals surface area contributed by atoms with Crippen LogP contribution in [-0.2, 0) is 16.0 Å². The van der Waals surface area contributed by atoms with Crippen LogP contribution in [-0.4, -0.2) is 17.7 Å². The first-order valence-electron chi connectivity index (χ1n) is 9.43. The van der Waals surface area contributed by atoms with E-state index >= 15 is 0 Å². The monoisotopic (exact) mass is 414 g/mol. The van der Waals surface area contributed by atoms with Crippen molar-refractivity contribution in [2.24, 2.45) is 0 Å². The van der Waals surface area contributed by atoms with Crippen LogP contribution in [0.1, 0.15) is 53.2 Å². The van der Waals surface area contributed by atoms with Crippen LogP contribution in [0, 0.1) is 0 Å². The van der Waals surface area contributed by atoms with Crippen molar-refractivity contribution in [3.05, 3.63) is 59.2 Å². The molecule has 4 N–H and O–H groups in total. The van der Waals surface area contributed by atoms with E-state index in [0.717, 1.165) is 30.5 Å². The molecule has 0 aromatic heterocycles. The summed E-state index contributed by atoms with van der Waals surface area (Å²) in [7, 11) is 0. The Morgan fingerprint density at radius 2 is 1.83 bits per heavy atom. The molecule has 2 aliphatic rings. The molecule has 1 aliphatic heterocycles. The highest BCUT2D eigenvalue weighted by molar-refractivity contribution is 6.01. The summed E-state index contributed by atoms with van der Waals surface area (Å²) in [6, 6.07) is 12.4. The molecule has 1 fully saturated rings. The van der Waals surface area contributed by atoms with Crippen LogP contribution in [0.3, 0.4) is 0 Å². The van der Waals surface area contributed by atoms with E-state index in [4.69, 9.17) is 5.73 Å². The van der Waals surface area contributed by atoms with Crippen LogP contribution in [0.4, 0.5) is 11.4 Å². The summed E-state index contributed by atoms with van der Waals surface area (Å²) < 4.78 is 0. The molecule has 3 amide bonds. The molecule has 0 spiro atoms. The second kappa shape index (κ2) is 8.53. The zero-order chi connectivity index (χ0) is 19.7. The lowest BCUT2D eigenvalue weighted by Gasteiger charge is -2.28. The molecule has 0 bridgehead atoms. The first-order valence-corrected chi connectivity index (χ1v) is 9.43. The van der Waals surface area contributed by atoms with Crippen molar-refractivity contribution >= 4 is 41.5 Å². The lowest BCUT2D eigenvalue weighted by atomic mass is 9.87. The molecule has 2 aromatic carbocycles. The predicted molar refractivity (Wildman–Crippen MR) is 113 cm³/mol. The maximum Gasteiger partial charge on any atom is 0.251 e. The van der Waals surface area contributed by atoms with E-state index in [1.165, 1.54) is 10.6 Å². The summed E-state index contributed by atoms with van der Waals surface area (Å²) in [5.74, 6) is -0.539. The van der Waals surface area contributed by atoms with E-state index < -0.39 is 0 Å². The Bertz CT molecular complexity index is 945. The third-order valence-electron chi connectivity index (χ3n) is 5.23. The average Bonchev–Trinajstić information content (AvgIpc) is 2.70. The molecule has 1 heterocycles. The minimum absolute atomic E-state index is 0. The maximum atomic E-state index is 12.7. The van der Waals surface area contributed by atoms with Gasteiger partial charge >= 0.3 is 0 Å². The standard InChI is InChI=1S/C21H22N4O3.ClH/c22-15-6-9-17-14(12-15)2-1-3-18(17)23-21(28)13-4-7-16(8-5-13)25-20(27)11-10-19(26)24-25;/h4-9,12,18H,1-3,10-11,22H2,(H,23,28)(H,24,26);1H. The van der Waals surface area contributed by atoms with Crippen molar-refractivity contribution in [2.45, 2.75) is 38.1 Å². The molecule has 1 saturated heterocycles. The minimum atomic E-state index is -0.196. The van der Waals surface area contributed by atoms with Gasteiger partial charge in [-0.3, -0.25) is 19.8 Å². The lowest BCUT2D eigenvalue weighted by molar-refractivity contribution is -0.130. The Kier molecular flexibility index (Phi) is 6.08. The predicted octanol–water partition coefficient (Wildman–Crippen LogP) is 2.66. The van der Waals surface area contributed by atoms with Gasteiger partial charge in [0.15, 0.2) is 0 Å². The summed E-state index contributed by atoms with van der Waals surface area (Å²) in [5, 5.41) is 4.33. The molecule has 1 aliphatic carbocycles. The quantitative estimate of drug-likeness (QED) is 0.671. The van der Waals surface area contributed by atoms with E-state index in [0.29, 0.717) is 11.3 Å². The SMILES string of the molecule is Cl.Nc1ccc2c(c1)CCCC2NC(=O)c1ccc(N2NC(=O)CCC2=O)cc1. The second-order valence-electron chi connectivity index (χ2n) is 7.19. The van der Waals surface area contributed by atoms with Gasteiger partial charge in [-0.05, 0) is 66.8 Å². The van der Waals surface area contributed by atoms with Crippen molar-refractivity contribution in [2.75, 3.05) is 10.7 Å². The zero-order valence-corrected chi connectivity index (χ0v) is 16.6.